The van der Waals surface area contributed by atoms with Crippen molar-refractivity contribution in [3.05, 3.63) is 35.4 Å². The molecule has 0 spiro atoms. The number of thioether (sulfide) groups is 1. The Kier molecular flexibility index (Phi) is 11.0. The van der Waals surface area contributed by atoms with Gasteiger partial charge in [0.1, 0.15) is 17.7 Å². The summed E-state index contributed by atoms with van der Waals surface area (Å²) in [5.74, 6) is -0.207. The van der Waals surface area contributed by atoms with Crippen LogP contribution in [0.15, 0.2) is 24.3 Å². The number of carbonyl (C=O) groups is 3. The first-order chi connectivity index (χ1) is 16.6. The van der Waals surface area contributed by atoms with Crippen LogP contribution in [0.2, 0.25) is 0 Å². The normalized spacial score (nSPS) is 15.9. The lowest BCUT2D eigenvalue weighted by atomic mass is 9.94. The average molecular weight is 502 g/mol. The summed E-state index contributed by atoms with van der Waals surface area (Å²) in [6, 6.07) is 7.99. The van der Waals surface area contributed by atoms with Gasteiger partial charge in [-0.15, -0.1) is 0 Å². The number of ether oxygens (including phenoxy) is 1. The minimum absolute atomic E-state index is 0.0606. The Labute approximate surface area is 214 Å². The van der Waals surface area contributed by atoms with Gasteiger partial charge in [0.2, 0.25) is 5.91 Å². The van der Waals surface area contributed by atoms with Crippen LogP contribution in [0.1, 0.15) is 76.5 Å². The molecule has 0 heterocycles. The van der Waals surface area contributed by atoms with Gasteiger partial charge in [0.25, 0.3) is 5.91 Å². The Morgan fingerprint density at radius 1 is 1.23 bits per heavy atom. The molecule has 1 aromatic carbocycles. The third-order valence-corrected chi connectivity index (χ3v) is 6.44. The molecule has 0 radical (unpaired) electrons. The molecule has 1 aliphatic carbocycles. The highest BCUT2D eigenvalue weighted by molar-refractivity contribution is 7.98. The molecule has 2 rings (SSSR count). The van der Waals surface area contributed by atoms with E-state index in [1.165, 1.54) is 0 Å². The second kappa shape index (κ2) is 13.4. The van der Waals surface area contributed by atoms with Crippen molar-refractivity contribution < 1.29 is 19.1 Å². The lowest BCUT2D eigenvalue weighted by molar-refractivity contribution is -0.139. The van der Waals surface area contributed by atoms with Gasteiger partial charge >= 0.3 is 6.09 Å². The molecule has 1 fully saturated rings. The average Bonchev–Trinajstić information content (AvgIpc) is 2.79. The van der Waals surface area contributed by atoms with Crippen LogP contribution in [0.3, 0.4) is 0 Å². The zero-order valence-corrected chi connectivity index (χ0v) is 22.4. The fraction of sp³-hybridized carbons (Fsp3) is 0.593. The molecular formula is C27H39N3O4S. The molecule has 1 aliphatic rings. The van der Waals surface area contributed by atoms with Crippen molar-refractivity contribution in [2.45, 2.75) is 89.9 Å². The van der Waals surface area contributed by atoms with E-state index in [-0.39, 0.29) is 11.9 Å². The summed E-state index contributed by atoms with van der Waals surface area (Å²) in [6.45, 7) is 7.18. The van der Waals surface area contributed by atoms with E-state index in [9.17, 15) is 14.4 Å². The van der Waals surface area contributed by atoms with Crippen LogP contribution in [0.25, 0.3) is 0 Å². The number of terminal acetylenes is 1. The first-order valence-corrected chi connectivity index (χ1v) is 13.6. The van der Waals surface area contributed by atoms with Gasteiger partial charge in [0.15, 0.2) is 0 Å². The van der Waals surface area contributed by atoms with E-state index >= 15 is 0 Å². The van der Waals surface area contributed by atoms with Crippen LogP contribution in [-0.4, -0.2) is 52.5 Å². The molecule has 0 aromatic heterocycles. The van der Waals surface area contributed by atoms with Crippen LogP contribution in [0.5, 0.6) is 0 Å². The van der Waals surface area contributed by atoms with E-state index in [4.69, 9.17) is 11.2 Å². The number of carbonyl (C=O) groups excluding carboxylic acids is 3. The number of aryl methyl sites for hydroxylation is 1. The number of rotatable bonds is 9. The largest absolute Gasteiger partial charge is 0.444 e. The van der Waals surface area contributed by atoms with Gasteiger partial charge in [-0.1, -0.05) is 55.5 Å². The quantitative estimate of drug-likeness (QED) is 0.383. The predicted octanol–water partition coefficient (Wildman–Crippen LogP) is 4.55. The summed E-state index contributed by atoms with van der Waals surface area (Å²) in [7, 11) is 0. The number of nitrogens with one attached hydrogen (secondary N) is 2. The molecule has 1 aromatic rings. The Bertz CT molecular complexity index is 916. The third-order valence-electron chi connectivity index (χ3n) is 5.79. The number of amides is 3. The summed E-state index contributed by atoms with van der Waals surface area (Å²) in [4.78, 5) is 40.9. The van der Waals surface area contributed by atoms with Crippen LogP contribution >= 0.6 is 11.8 Å². The van der Waals surface area contributed by atoms with Crippen LogP contribution in [0.4, 0.5) is 4.79 Å². The Morgan fingerprint density at radius 3 is 2.49 bits per heavy atom. The Morgan fingerprint density at radius 2 is 1.91 bits per heavy atom. The molecule has 2 unspecified atom stereocenters. The van der Waals surface area contributed by atoms with E-state index in [1.807, 2.05) is 31.4 Å². The van der Waals surface area contributed by atoms with Crippen LogP contribution < -0.4 is 10.6 Å². The highest BCUT2D eigenvalue weighted by Crippen LogP contribution is 2.25. The summed E-state index contributed by atoms with van der Waals surface area (Å²) in [5.41, 5.74) is 0.867. The molecule has 35 heavy (non-hydrogen) atoms. The smallest absolute Gasteiger partial charge is 0.408 e. The van der Waals surface area contributed by atoms with Gasteiger partial charge in [-0.05, 0) is 64.5 Å². The Hall–Kier alpha value is -2.66. The lowest BCUT2D eigenvalue weighted by Crippen LogP contribution is -2.52. The minimum Gasteiger partial charge on any atom is -0.444 e. The van der Waals surface area contributed by atoms with Gasteiger partial charge in [0, 0.05) is 12.1 Å². The fourth-order valence-corrected chi connectivity index (χ4v) is 4.63. The number of nitrogens with zero attached hydrogens (tertiary/aromatic N) is 1. The zero-order valence-electron chi connectivity index (χ0n) is 21.6. The van der Waals surface area contributed by atoms with Crippen molar-refractivity contribution in [1.29, 1.82) is 0 Å². The summed E-state index contributed by atoms with van der Waals surface area (Å²) >= 11 is 1.55. The van der Waals surface area contributed by atoms with Crippen molar-refractivity contribution in [2.24, 2.45) is 0 Å². The maximum absolute atomic E-state index is 13.7. The molecular weight excluding hydrogens is 462 g/mol. The SMILES string of the molecule is C#CN(C(=O)C(CCSC)NC(=O)OC(C)(C)C)C(C(=O)NC1CCCCC1)c1cccc(C)c1. The summed E-state index contributed by atoms with van der Waals surface area (Å²) < 4.78 is 5.36. The topological polar surface area (TPSA) is 87.7 Å². The second-order valence-electron chi connectivity index (χ2n) is 9.98. The second-order valence-corrected chi connectivity index (χ2v) is 11.0. The molecule has 8 heteroatoms. The standard InChI is InChI=1S/C27H39N3O4S/c1-7-30(25(32)22(16-17-35-6)29-26(33)34-27(3,4)5)23(20-13-11-12-19(2)18-20)24(31)28-21-14-9-8-10-15-21/h1,11-13,18,21-23H,8-10,14-17H2,2-6H3,(H,28,31)(H,29,33). The van der Waals surface area contributed by atoms with E-state index in [0.717, 1.165) is 42.6 Å². The monoisotopic (exact) mass is 501 g/mol. The van der Waals surface area contributed by atoms with Gasteiger partial charge in [0.05, 0.1) is 0 Å². The maximum atomic E-state index is 13.7. The number of hydrogen-bond donors (Lipinski definition) is 2. The van der Waals surface area contributed by atoms with E-state index < -0.39 is 29.7 Å². The first-order valence-electron chi connectivity index (χ1n) is 12.2. The van der Waals surface area contributed by atoms with Crippen LogP contribution in [-0.2, 0) is 14.3 Å². The molecule has 1 saturated carbocycles. The summed E-state index contributed by atoms with van der Waals surface area (Å²) in [6.07, 6.45) is 12.5. The molecule has 3 amide bonds. The highest BCUT2D eigenvalue weighted by atomic mass is 32.2. The first kappa shape index (κ1) is 28.6. The van der Waals surface area contributed by atoms with Gasteiger partial charge in [-0.3, -0.25) is 14.5 Å². The molecule has 0 bridgehead atoms. The van der Waals surface area contributed by atoms with Crippen molar-refractivity contribution in [3.8, 4) is 12.5 Å². The highest BCUT2D eigenvalue weighted by Gasteiger charge is 2.36. The van der Waals surface area contributed by atoms with Crippen molar-refractivity contribution in [1.82, 2.24) is 15.5 Å². The van der Waals surface area contributed by atoms with E-state index in [0.29, 0.717) is 17.7 Å². The zero-order chi connectivity index (χ0) is 26.0. The molecule has 192 valence electrons. The van der Waals surface area contributed by atoms with Crippen molar-refractivity contribution in [3.63, 3.8) is 0 Å². The third kappa shape index (κ3) is 9.14. The van der Waals surface area contributed by atoms with Crippen LogP contribution in [0, 0.1) is 19.4 Å². The molecule has 2 N–H and O–H groups in total. The molecule has 0 aliphatic heterocycles. The van der Waals surface area contributed by atoms with Crippen molar-refractivity contribution >= 4 is 29.7 Å². The molecule has 0 saturated heterocycles. The fourth-order valence-electron chi connectivity index (χ4n) is 4.16. The van der Waals surface area contributed by atoms with E-state index in [1.54, 1.807) is 38.6 Å². The number of hydrogen-bond acceptors (Lipinski definition) is 5. The van der Waals surface area contributed by atoms with E-state index in [2.05, 4.69) is 16.7 Å². The minimum atomic E-state index is -1.01. The summed E-state index contributed by atoms with van der Waals surface area (Å²) in [5, 5.41) is 5.78. The van der Waals surface area contributed by atoms with Gasteiger partial charge in [-0.2, -0.15) is 11.8 Å². The lowest BCUT2D eigenvalue weighted by Gasteiger charge is -2.32. The van der Waals surface area contributed by atoms with Crippen molar-refractivity contribution in [2.75, 3.05) is 12.0 Å². The molecule has 2 atom stereocenters. The van der Waals surface area contributed by atoms with Gasteiger partial charge in [-0.25, -0.2) is 4.79 Å². The number of alkyl carbamates (subject to hydrolysis) is 1. The Balaban J connectivity index is 2.36. The number of benzene rings is 1. The predicted molar refractivity (Wildman–Crippen MR) is 141 cm³/mol. The maximum Gasteiger partial charge on any atom is 0.408 e. The van der Waals surface area contributed by atoms with Gasteiger partial charge < -0.3 is 15.4 Å². The molecule has 7 nitrogen and oxygen atoms in total.